The number of aryl methyl sites for hydroxylation is 2. The molecule has 0 saturated carbocycles. The number of rotatable bonds is 6. The average Bonchev–Trinajstić information content (AvgIpc) is 2.63. The number of carbonyl (C=O) groups excluding carboxylic acids is 1. The van der Waals surface area contributed by atoms with Crippen molar-refractivity contribution in [3.63, 3.8) is 0 Å². The smallest absolute Gasteiger partial charge is 0.230 e. The van der Waals surface area contributed by atoms with Crippen molar-refractivity contribution in [2.24, 2.45) is 0 Å². The molecule has 2 aromatic rings. The lowest BCUT2D eigenvalue weighted by atomic mass is 9.89. The number of amides is 1. The number of nitrogens with one attached hydrogen (secondary N) is 1. The molecule has 0 fully saturated rings. The minimum Gasteiger partial charge on any atom is -0.349 e. The second-order valence-corrected chi connectivity index (χ2v) is 8.11. The fourth-order valence-electron chi connectivity index (χ4n) is 3.31. The van der Waals surface area contributed by atoms with Gasteiger partial charge in [0, 0.05) is 16.3 Å². The summed E-state index contributed by atoms with van der Waals surface area (Å²) in [6.45, 7) is 2.00. The lowest BCUT2D eigenvalue weighted by Crippen LogP contribution is -2.28. The molecular weight excluding hydrogens is 369 g/mol. The van der Waals surface area contributed by atoms with Gasteiger partial charge in [0.2, 0.25) is 5.91 Å². The monoisotopic (exact) mass is 391 g/mol. The molecular formula is C21H23ClFNOS. The van der Waals surface area contributed by atoms with Gasteiger partial charge in [-0.05, 0) is 61.4 Å². The van der Waals surface area contributed by atoms with Crippen LogP contribution in [0.3, 0.4) is 0 Å². The molecule has 1 atom stereocenters. The van der Waals surface area contributed by atoms with Crippen molar-refractivity contribution in [2.75, 3.05) is 5.75 Å². The Morgan fingerprint density at radius 3 is 2.77 bits per heavy atom. The fourth-order valence-corrected chi connectivity index (χ4v) is 4.48. The van der Waals surface area contributed by atoms with E-state index in [1.165, 1.54) is 41.8 Å². The summed E-state index contributed by atoms with van der Waals surface area (Å²) in [6.07, 6.45) is 4.79. The molecule has 1 unspecified atom stereocenters. The van der Waals surface area contributed by atoms with Gasteiger partial charge >= 0.3 is 0 Å². The van der Waals surface area contributed by atoms with Gasteiger partial charge in [0.1, 0.15) is 5.82 Å². The molecule has 0 aliphatic heterocycles. The zero-order chi connectivity index (χ0) is 18.5. The van der Waals surface area contributed by atoms with E-state index in [0.717, 1.165) is 18.4 Å². The van der Waals surface area contributed by atoms with Crippen molar-refractivity contribution in [3.05, 3.63) is 69.5 Å². The van der Waals surface area contributed by atoms with Crippen LogP contribution in [0.15, 0.2) is 36.4 Å². The number of carbonyl (C=O) groups is 1. The summed E-state index contributed by atoms with van der Waals surface area (Å²) in [5.74, 6) is 0.284. The van der Waals surface area contributed by atoms with Gasteiger partial charge in [-0.15, -0.1) is 11.8 Å². The van der Waals surface area contributed by atoms with Gasteiger partial charge in [0.05, 0.1) is 11.8 Å². The molecule has 0 heterocycles. The maximum absolute atomic E-state index is 13.7. The highest BCUT2D eigenvalue weighted by atomic mass is 35.5. The Bertz CT molecular complexity index is 775. The second-order valence-electron chi connectivity index (χ2n) is 6.72. The van der Waals surface area contributed by atoms with Crippen molar-refractivity contribution >= 4 is 29.3 Å². The third-order valence-electron chi connectivity index (χ3n) is 4.79. The molecule has 1 aliphatic carbocycles. The number of hydrogen-bond acceptors (Lipinski definition) is 2. The Balaban J connectivity index is 1.51. The first-order valence-electron chi connectivity index (χ1n) is 8.96. The Labute approximate surface area is 163 Å². The lowest BCUT2D eigenvalue weighted by Gasteiger charge is -2.20. The van der Waals surface area contributed by atoms with E-state index in [1.807, 2.05) is 6.92 Å². The molecule has 26 heavy (non-hydrogen) atoms. The van der Waals surface area contributed by atoms with Crippen molar-refractivity contribution in [3.8, 4) is 0 Å². The first-order valence-corrected chi connectivity index (χ1v) is 10.5. The third kappa shape index (κ3) is 4.80. The quantitative estimate of drug-likeness (QED) is 0.707. The Morgan fingerprint density at radius 2 is 2.00 bits per heavy atom. The summed E-state index contributed by atoms with van der Waals surface area (Å²) < 4.78 is 13.7. The normalized spacial score (nSPS) is 14.6. The van der Waals surface area contributed by atoms with Crippen LogP contribution in [-0.4, -0.2) is 11.7 Å². The van der Waals surface area contributed by atoms with Crippen LogP contribution in [0.5, 0.6) is 0 Å². The van der Waals surface area contributed by atoms with E-state index in [-0.39, 0.29) is 23.5 Å². The van der Waals surface area contributed by atoms with Crippen molar-refractivity contribution < 1.29 is 9.18 Å². The topological polar surface area (TPSA) is 29.1 Å². The lowest BCUT2D eigenvalue weighted by molar-refractivity contribution is -0.119. The minimum atomic E-state index is -0.326. The Morgan fingerprint density at radius 1 is 1.23 bits per heavy atom. The van der Waals surface area contributed by atoms with E-state index < -0.39 is 0 Å². The minimum absolute atomic E-state index is 0.0348. The molecule has 3 rings (SSSR count). The highest BCUT2D eigenvalue weighted by molar-refractivity contribution is 7.99. The van der Waals surface area contributed by atoms with Crippen molar-refractivity contribution in [1.29, 1.82) is 0 Å². The molecule has 0 aromatic heterocycles. The van der Waals surface area contributed by atoms with Crippen LogP contribution in [0.25, 0.3) is 0 Å². The predicted molar refractivity (Wildman–Crippen MR) is 107 cm³/mol. The van der Waals surface area contributed by atoms with Crippen LogP contribution in [0.4, 0.5) is 4.39 Å². The van der Waals surface area contributed by atoms with Gasteiger partial charge in [-0.1, -0.05) is 35.9 Å². The van der Waals surface area contributed by atoms with Crippen LogP contribution >= 0.6 is 23.4 Å². The highest BCUT2D eigenvalue weighted by Crippen LogP contribution is 2.26. The van der Waals surface area contributed by atoms with Gasteiger partial charge < -0.3 is 5.32 Å². The number of benzene rings is 2. The Kier molecular flexibility index (Phi) is 6.60. The van der Waals surface area contributed by atoms with Crippen LogP contribution in [0.2, 0.25) is 5.02 Å². The van der Waals surface area contributed by atoms with E-state index in [0.29, 0.717) is 16.3 Å². The molecule has 0 spiro atoms. The summed E-state index contributed by atoms with van der Waals surface area (Å²) in [5.41, 5.74) is 4.45. The molecule has 2 aromatic carbocycles. The van der Waals surface area contributed by atoms with Crippen LogP contribution in [0, 0.1) is 5.82 Å². The number of thioether (sulfide) groups is 1. The summed E-state index contributed by atoms with van der Waals surface area (Å²) >= 11 is 7.38. The summed E-state index contributed by atoms with van der Waals surface area (Å²) in [5, 5.41) is 3.44. The Hall–Kier alpha value is -1.52. The van der Waals surface area contributed by atoms with Gasteiger partial charge in [0.25, 0.3) is 0 Å². The highest BCUT2D eigenvalue weighted by Gasteiger charge is 2.14. The molecule has 0 radical (unpaired) electrons. The maximum Gasteiger partial charge on any atom is 0.230 e. The van der Waals surface area contributed by atoms with Crippen molar-refractivity contribution in [2.45, 2.75) is 44.4 Å². The molecule has 0 saturated heterocycles. The number of fused-ring (bicyclic) bond motifs is 1. The first kappa shape index (κ1) is 19.2. The van der Waals surface area contributed by atoms with Gasteiger partial charge in [0.15, 0.2) is 0 Å². The van der Waals surface area contributed by atoms with E-state index in [1.54, 1.807) is 12.1 Å². The SMILES string of the molecule is CC(NC(=O)CSCc1c(F)cccc1Cl)c1ccc2c(c1)CCCC2. The van der Waals surface area contributed by atoms with Gasteiger partial charge in [-0.25, -0.2) is 4.39 Å². The molecule has 1 amide bonds. The standard InChI is InChI=1S/C21H23ClFNOS/c1-14(16-10-9-15-5-2-3-6-17(15)11-16)24-21(25)13-26-12-18-19(22)7-4-8-20(18)23/h4,7-11,14H,2-3,5-6,12-13H2,1H3,(H,24,25). The molecule has 2 nitrogen and oxygen atoms in total. The van der Waals surface area contributed by atoms with Gasteiger partial charge in [-0.3, -0.25) is 4.79 Å². The third-order valence-corrected chi connectivity index (χ3v) is 6.10. The largest absolute Gasteiger partial charge is 0.349 e. The van der Waals surface area contributed by atoms with Crippen molar-refractivity contribution in [1.82, 2.24) is 5.32 Å². The van der Waals surface area contributed by atoms with Crippen LogP contribution < -0.4 is 5.32 Å². The number of hydrogen-bond donors (Lipinski definition) is 1. The average molecular weight is 392 g/mol. The summed E-state index contributed by atoms with van der Waals surface area (Å²) in [4.78, 5) is 12.2. The van der Waals surface area contributed by atoms with E-state index in [2.05, 4.69) is 23.5 Å². The van der Waals surface area contributed by atoms with Crippen LogP contribution in [0.1, 0.15) is 48.1 Å². The zero-order valence-corrected chi connectivity index (χ0v) is 16.4. The first-order chi connectivity index (χ1) is 12.5. The zero-order valence-electron chi connectivity index (χ0n) is 14.9. The predicted octanol–water partition coefficient (Wildman–Crippen LogP) is 5.47. The number of halogens is 2. The molecule has 5 heteroatoms. The van der Waals surface area contributed by atoms with E-state index >= 15 is 0 Å². The summed E-state index contributed by atoms with van der Waals surface area (Å²) in [6, 6.07) is 11.1. The maximum atomic E-state index is 13.7. The molecule has 1 N–H and O–H groups in total. The second kappa shape index (κ2) is 8.92. The summed E-state index contributed by atoms with van der Waals surface area (Å²) in [7, 11) is 0. The molecule has 138 valence electrons. The van der Waals surface area contributed by atoms with E-state index in [4.69, 9.17) is 11.6 Å². The molecule has 1 aliphatic rings. The molecule has 0 bridgehead atoms. The van der Waals surface area contributed by atoms with Gasteiger partial charge in [-0.2, -0.15) is 0 Å². The van der Waals surface area contributed by atoms with Crippen LogP contribution in [-0.2, 0) is 23.4 Å². The van der Waals surface area contributed by atoms with E-state index in [9.17, 15) is 9.18 Å². The fraction of sp³-hybridized carbons (Fsp3) is 0.381.